The summed E-state index contributed by atoms with van der Waals surface area (Å²) in [5.74, 6) is 3.26. The van der Waals surface area contributed by atoms with Gasteiger partial charge in [0.15, 0.2) is 11.5 Å². The van der Waals surface area contributed by atoms with Crippen LogP contribution in [-0.4, -0.2) is 26.7 Å². The second-order valence-corrected chi connectivity index (χ2v) is 10.6. The molecule has 0 spiro atoms. The Kier molecular flexibility index (Phi) is 5.65. The van der Waals surface area contributed by atoms with E-state index in [-0.39, 0.29) is 11.3 Å². The van der Waals surface area contributed by atoms with E-state index in [9.17, 15) is 4.79 Å². The first-order valence-electron chi connectivity index (χ1n) is 12.1. The molecule has 4 aliphatic rings. The fraction of sp³-hybridized carbons (Fsp3) is 0.536. The van der Waals surface area contributed by atoms with Gasteiger partial charge in [-0.2, -0.15) is 0 Å². The number of ether oxygens (including phenoxy) is 2. The molecule has 0 heterocycles. The summed E-state index contributed by atoms with van der Waals surface area (Å²) in [4.78, 5) is 13.0. The van der Waals surface area contributed by atoms with Gasteiger partial charge < -0.3 is 14.8 Å². The van der Waals surface area contributed by atoms with Crippen molar-refractivity contribution in [1.82, 2.24) is 5.32 Å². The Labute approximate surface area is 191 Å². The van der Waals surface area contributed by atoms with E-state index in [4.69, 9.17) is 9.47 Å². The van der Waals surface area contributed by atoms with Gasteiger partial charge in [-0.1, -0.05) is 36.4 Å². The molecule has 4 saturated carbocycles. The lowest BCUT2D eigenvalue weighted by Crippen LogP contribution is -2.55. The van der Waals surface area contributed by atoms with Gasteiger partial charge in [0.25, 0.3) is 0 Å². The summed E-state index contributed by atoms with van der Waals surface area (Å²) in [6.07, 6.45) is 9.13. The molecule has 0 radical (unpaired) electrons. The number of nitrogens with one attached hydrogen (secondary N) is 1. The molecule has 1 amide bonds. The van der Waals surface area contributed by atoms with E-state index in [1.54, 1.807) is 14.2 Å². The minimum absolute atomic E-state index is 0.188. The number of carbonyl (C=O) groups is 1. The van der Waals surface area contributed by atoms with Crippen LogP contribution in [0.15, 0.2) is 48.5 Å². The van der Waals surface area contributed by atoms with Crippen molar-refractivity contribution < 1.29 is 14.3 Å². The molecule has 6 rings (SSSR count). The SMILES string of the molecule is COc1ccc(CCNC(=O)CC23C[C@@H]4C[C@@H](C2)CC(c2ccccc2)(C4)C3)cc1OC. The summed E-state index contributed by atoms with van der Waals surface area (Å²) in [6, 6.07) is 17.1. The zero-order valence-corrected chi connectivity index (χ0v) is 19.4. The number of carbonyl (C=O) groups excluding carboxylic acids is 1. The third-order valence-corrected chi connectivity index (χ3v) is 8.29. The Morgan fingerprint density at radius 1 is 0.969 bits per heavy atom. The third kappa shape index (κ3) is 4.00. The molecule has 32 heavy (non-hydrogen) atoms. The van der Waals surface area contributed by atoms with Gasteiger partial charge >= 0.3 is 0 Å². The van der Waals surface area contributed by atoms with Crippen molar-refractivity contribution in [1.29, 1.82) is 0 Å². The minimum Gasteiger partial charge on any atom is -0.493 e. The molecule has 2 aromatic rings. The highest BCUT2D eigenvalue weighted by molar-refractivity contribution is 5.76. The number of hydrogen-bond acceptors (Lipinski definition) is 3. The van der Waals surface area contributed by atoms with Crippen molar-refractivity contribution in [2.24, 2.45) is 17.3 Å². The zero-order chi connectivity index (χ0) is 22.2. The van der Waals surface area contributed by atoms with Gasteiger partial charge in [0.1, 0.15) is 0 Å². The normalized spacial score (nSPS) is 30.2. The monoisotopic (exact) mass is 433 g/mol. The molecule has 4 nitrogen and oxygen atoms in total. The van der Waals surface area contributed by atoms with Crippen molar-refractivity contribution in [3.8, 4) is 11.5 Å². The first-order valence-corrected chi connectivity index (χ1v) is 12.1. The second-order valence-electron chi connectivity index (χ2n) is 10.6. The molecular formula is C28H35NO3. The van der Waals surface area contributed by atoms with E-state index in [0.717, 1.165) is 35.3 Å². The maximum absolute atomic E-state index is 13.0. The van der Waals surface area contributed by atoms with E-state index in [1.165, 1.54) is 44.1 Å². The fourth-order valence-corrected chi connectivity index (χ4v) is 7.57. The topological polar surface area (TPSA) is 47.6 Å². The predicted octanol–water partition coefficient (Wildman–Crippen LogP) is 5.29. The first-order chi connectivity index (χ1) is 15.5. The van der Waals surface area contributed by atoms with Crippen LogP contribution in [-0.2, 0) is 16.6 Å². The summed E-state index contributed by atoms with van der Waals surface area (Å²) < 4.78 is 10.7. The van der Waals surface area contributed by atoms with Gasteiger partial charge in [0, 0.05) is 13.0 Å². The van der Waals surface area contributed by atoms with Crippen LogP contribution < -0.4 is 14.8 Å². The van der Waals surface area contributed by atoms with E-state index < -0.39 is 0 Å². The van der Waals surface area contributed by atoms with Crippen LogP contribution in [0, 0.1) is 17.3 Å². The van der Waals surface area contributed by atoms with Crippen LogP contribution in [0.5, 0.6) is 11.5 Å². The van der Waals surface area contributed by atoms with Gasteiger partial charge in [0.2, 0.25) is 5.91 Å². The van der Waals surface area contributed by atoms with E-state index in [2.05, 4.69) is 35.6 Å². The average molecular weight is 434 g/mol. The zero-order valence-electron chi connectivity index (χ0n) is 19.4. The number of benzene rings is 2. The largest absolute Gasteiger partial charge is 0.493 e. The highest BCUT2D eigenvalue weighted by Crippen LogP contribution is 2.66. The number of hydrogen-bond donors (Lipinski definition) is 1. The molecule has 1 N–H and O–H groups in total. The average Bonchev–Trinajstić information content (AvgIpc) is 2.78. The Balaban J connectivity index is 1.22. The van der Waals surface area contributed by atoms with Crippen molar-refractivity contribution >= 4 is 5.91 Å². The molecule has 4 heteroatoms. The van der Waals surface area contributed by atoms with Crippen LogP contribution in [0.2, 0.25) is 0 Å². The van der Waals surface area contributed by atoms with Crippen molar-refractivity contribution in [3.05, 3.63) is 59.7 Å². The number of methoxy groups -OCH3 is 2. The van der Waals surface area contributed by atoms with Gasteiger partial charge in [-0.05, 0) is 90.9 Å². The molecule has 4 bridgehead atoms. The Morgan fingerprint density at radius 3 is 2.38 bits per heavy atom. The third-order valence-electron chi connectivity index (χ3n) is 8.29. The fourth-order valence-electron chi connectivity index (χ4n) is 7.57. The smallest absolute Gasteiger partial charge is 0.220 e. The molecule has 0 aromatic heterocycles. The summed E-state index contributed by atoms with van der Waals surface area (Å²) >= 11 is 0. The molecular weight excluding hydrogens is 398 g/mol. The van der Waals surface area contributed by atoms with Crippen LogP contribution in [0.1, 0.15) is 56.1 Å². The van der Waals surface area contributed by atoms with Crippen LogP contribution in [0.25, 0.3) is 0 Å². The number of rotatable bonds is 8. The highest BCUT2D eigenvalue weighted by Gasteiger charge is 2.58. The molecule has 4 fully saturated rings. The maximum Gasteiger partial charge on any atom is 0.220 e. The van der Waals surface area contributed by atoms with Gasteiger partial charge in [0.05, 0.1) is 14.2 Å². The second kappa shape index (κ2) is 8.46. The summed E-state index contributed by atoms with van der Waals surface area (Å²) in [6.45, 7) is 0.654. The van der Waals surface area contributed by atoms with Crippen LogP contribution >= 0.6 is 0 Å². The van der Waals surface area contributed by atoms with Gasteiger partial charge in [-0.25, -0.2) is 0 Å². The van der Waals surface area contributed by atoms with Crippen LogP contribution in [0.4, 0.5) is 0 Å². The summed E-state index contributed by atoms with van der Waals surface area (Å²) in [7, 11) is 3.29. The molecule has 2 atom stereocenters. The lowest BCUT2D eigenvalue weighted by atomic mass is 9.42. The van der Waals surface area contributed by atoms with E-state index in [0.29, 0.717) is 18.4 Å². The molecule has 170 valence electrons. The summed E-state index contributed by atoms with van der Waals surface area (Å²) in [5, 5.41) is 3.21. The quantitative estimate of drug-likeness (QED) is 0.615. The maximum atomic E-state index is 13.0. The number of amides is 1. The Bertz CT molecular complexity index is 956. The van der Waals surface area contributed by atoms with E-state index >= 15 is 0 Å². The molecule has 4 aliphatic carbocycles. The molecule has 0 saturated heterocycles. The van der Waals surface area contributed by atoms with Crippen molar-refractivity contribution in [3.63, 3.8) is 0 Å². The van der Waals surface area contributed by atoms with Gasteiger partial charge in [-0.3, -0.25) is 4.79 Å². The lowest BCUT2D eigenvalue weighted by molar-refractivity contribution is -0.131. The van der Waals surface area contributed by atoms with Crippen molar-refractivity contribution in [2.45, 2.75) is 56.8 Å². The minimum atomic E-state index is 0.188. The predicted molar refractivity (Wildman–Crippen MR) is 126 cm³/mol. The Hall–Kier alpha value is -2.49. The van der Waals surface area contributed by atoms with Crippen molar-refractivity contribution in [2.75, 3.05) is 20.8 Å². The first kappa shape index (κ1) is 21.4. The molecule has 0 aliphatic heterocycles. The summed E-state index contributed by atoms with van der Waals surface area (Å²) in [5.41, 5.74) is 3.13. The lowest BCUT2D eigenvalue weighted by Gasteiger charge is -2.62. The van der Waals surface area contributed by atoms with Crippen LogP contribution in [0.3, 0.4) is 0 Å². The van der Waals surface area contributed by atoms with Gasteiger partial charge in [-0.15, -0.1) is 0 Å². The standard InChI is InChI=1S/C28H35NO3/c1-31-24-9-8-20(13-25(24)32-2)10-11-29-26(30)18-27-14-21-12-22(15-27)17-28(16-21,19-27)23-6-4-3-5-7-23/h3-9,13,21-22H,10-12,14-19H2,1-2H3,(H,29,30)/t21-,22-,27?,28?/m0/s1. The molecule has 2 aromatic carbocycles. The van der Waals surface area contributed by atoms with E-state index in [1.807, 2.05) is 18.2 Å². The highest BCUT2D eigenvalue weighted by atomic mass is 16.5. The Morgan fingerprint density at radius 2 is 1.69 bits per heavy atom. The molecule has 0 unspecified atom stereocenters.